The number of unbranched alkanes of at least 4 members (excludes halogenated alkanes) is 2. The summed E-state index contributed by atoms with van der Waals surface area (Å²) in [4.78, 5) is 0. The maximum absolute atomic E-state index is 12.2. The molecule has 0 heterocycles. The second-order valence-electron chi connectivity index (χ2n) is 4.01. The summed E-state index contributed by atoms with van der Waals surface area (Å²) in [5.41, 5.74) is 0. The standard InChI is InChI=1S/C12H27O3P/c1-4-7-9-14-11-12-16(13,6-3)15-10-8-5-2/h4-12H2,1-3H3. The Morgan fingerprint density at radius 3 is 2.12 bits per heavy atom. The monoisotopic (exact) mass is 250 g/mol. The van der Waals surface area contributed by atoms with E-state index in [0.29, 0.717) is 25.5 Å². The molecule has 0 saturated carbocycles. The van der Waals surface area contributed by atoms with Gasteiger partial charge in [0.1, 0.15) is 0 Å². The average molecular weight is 250 g/mol. The van der Waals surface area contributed by atoms with Crippen LogP contribution in [0.25, 0.3) is 0 Å². The summed E-state index contributed by atoms with van der Waals surface area (Å²) in [7, 11) is -2.40. The Bertz CT molecular complexity index is 195. The molecule has 0 spiro atoms. The summed E-state index contributed by atoms with van der Waals surface area (Å²) >= 11 is 0. The summed E-state index contributed by atoms with van der Waals surface area (Å²) in [6.07, 6.45) is 5.47. The van der Waals surface area contributed by atoms with Crippen LogP contribution >= 0.6 is 7.37 Å². The zero-order valence-corrected chi connectivity index (χ0v) is 11.9. The van der Waals surface area contributed by atoms with Crippen molar-refractivity contribution in [1.82, 2.24) is 0 Å². The third kappa shape index (κ3) is 8.32. The lowest BCUT2D eigenvalue weighted by Crippen LogP contribution is -2.06. The predicted molar refractivity (Wildman–Crippen MR) is 69.6 cm³/mol. The Labute approximate surface area is 100 Å². The summed E-state index contributed by atoms with van der Waals surface area (Å²) in [6, 6.07) is 0. The molecule has 0 aromatic rings. The lowest BCUT2D eigenvalue weighted by Gasteiger charge is -2.16. The lowest BCUT2D eigenvalue weighted by atomic mass is 10.4. The highest BCUT2D eigenvalue weighted by molar-refractivity contribution is 7.58. The fourth-order valence-corrected chi connectivity index (χ4v) is 2.74. The van der Waals surface area contributed by atoms with Crippen molar-refractivity contribution in [2.45, 2.75) is 46.5 Å². The number of hydrogen-bond donors (Lipinski definition) is 0. The largest absolute Gasteiger partial charge is 0.381 e. The van der Waals surface area contributed by atoms with Crippen LogP contribution in [0.3, 0.4) is 0 Å². The van der Waals surface area contributed by atoms with Crippen LogP contribution in [0.1, 0.15) is 46.5 Å². The minimum Gasteiger partial charge on any atom is -0.381 e. The van der Waals surface area contributed by atoms with E-state index in [2.05, 4.69) is 13.8 Å². The van der Waals surface area contributed by atoms with Gasteiger partial charge in [-0.05, 0) is 12.8 Å². The highest BCUT2D eigenvalue weighted by Crippen LogP contribution is 2.46. The molecule has 0 N–H and O–H groups in total. The van der Waals surface area contributed by atoms with Crippen LogP contribution in [0.5, 0.6) is 0 Å². The zero-order valence-electron chi connectivity index (χ0n) is 11.0. The molecule has 0 radical (unpaired) electrons. The average Bonchev–Trinajstić information content (AvgIpc) is 2.29. The first-order valence-corrected chi connectivity index (χ1v) is 8.48. The van der Waals surface area contributed by atoms with Crippen LogP contribution in [0.2, 0.25) is 0 Å². The molecule has 0 bridgehead atoms. The fourth-order valence-electron chi connectivity index (χ4n) is 1.24. The van der Waals surface area contributed by atoms with Crippen LogP contribution in [-0.2, 0) is 13.8 Å². The molecule has 0 aliphatic heterocycles. The molecule has 1 atom stereocenters. The molecule has 4 heteroatoms. The van der Waals surface area contributed by atoms with Crippen LogP contribution in [0, 0.1) is 0 Å². The van der Waals surface area contributed by atoms with E-state index < -0.39 is 7.37 Å². The molecule has 16 heavy (non-hydrogen) atoms. The molecule has 1 unspecified atom stereocenters. The van der Waals surface area contributed by atoms with Gasteiger partial charge < -0.3 is 9.26 Å². The van der Waals surface area contributed by atoms with Crippen LogP contribution in [-0.4, -0.2) is 32.1 Å². The van der Waals surface area contributed by atoms with Crippen molar-refractivity contribution in [3.05, 3.63) is 0 Å². The van der Waals surface area contributed by atoms with Gasteiger partial charge in [-0.15, -0.1) is 0 Å². The SMILES string of the molecule is CCCCOCCP(=O)(CC)OCCCC. The Morgan fingerprint density at radius 2 is 1.56 bits per heavy atom. The predicted octanol–water partition coefficient (Wildman–Crippen LogP) is 3.92. The van der Waals surface area contributed by atoms with E-state index in [0.717, 1.165) is 32.3 Å². The van der Waals surface area contributed by atoms with Gasteiger partial charge in [0.2, 0.25) is 7.37 Å². The molecule has 0 aliphatic rings. The van der Waals surface area contributed by atoms with Gasteiger partial charge in [-0.2, -0.15) is 0 Å². The van der Waals surface area contributed by atoms with Crippen LogP contribution in [0.15, 0.2) is 0 Å². The maximum atomic E-state index is 12.2. The van der Waals surface area contributed by atoms with Crippen molar-refractivity contribution in [3.8, 4) is 0 Å². The van der Waals surface area contributed by atoms with Crippen molar-refractivity contribution >= 4 is 7.37 Å². The molecule has 3 nitrogen and oxygen atoms in total. The van der Waals surface area contributed by atoms with Crippen molar-refractivity contribution in [2.24, 2.45) is 0 Å². The summed E-state index contributed by atoms with van der Waals surface area (Å²) in [5.74, 6) is 0. The van der Waals surface area contributed by atoms with Crippen LogP contribution < -0.4 is 0 Å². The van der Waals surface area contributed by atoms with E-state index in [1.807, 2.05) is 6.92 Å². The second kappa shape index (κ2) is 10.3. The smallest absolute Gasteiger partial charge is 0.205 e. The molecule has 0 amide bonds. The van der Waals surface area contributed by atoms with Gasteiger partial charge in [-0.1, -0.05) is 33.6 Å². The first-order valence-electron chi connectivity index (χ1n) is 6.48. The lowest BCUT2D eigenvalue weighted by molar-refractivity contribution is 0.143. The summed E-state index contributed by atoms with van der Waals surface area (Å²) in [5, 5.41) is 0. The topological polar surface area (TPSA) is 35.5 Å². The van der Waals surface area contributed by atoms with Crippen molar-refractivity contribution < 1.29 is 13.8 Å². The molecular weight excluding hydrogens is 223 g/mol. The highest BCUT2D eigenvalue weighted by Gasteiger charge is 2.19. The van der Waals surface area contributed by atoms with Crippen molar-refractivity contribution in [3.63, 3.8) is 0 Å². The van der Waals surface area contributed by atoms with E-state index in [-0.39, 0.29) is 0 Å². The van der Waals surface area contributed by atoms with E-state index in [1.165, 1.54) is 0 Å². The van der Waals surface area contributed by atoms with Crippen LogP contribution in [0.4, 0.5) is 0 Å². The third-order valence-corrected chi connectivity index (χ3v) is 5.01. The van der Waals surface area contributed by atoms with Gasteiger partial charge in [0.05, 0.1) is 13.2 Å². The summed E-state index contributed by atoms with van der Waals surface area (Å²) in [6.45, 7) is 8.13. The number of ether oxygens (including phenoxy) is 1. The van der Waals surface area contributed by atoms with Gasteiger partial charge in [0.25, 0.3) is 0 Å². The molecule has 0 rings (SSSR count). The van der Waals surface area contributed by atoms with Gasteiger partial charge in [0.15, 0.2) is 0 Å². The molecule has 0 fully saturated rings. The molecule has 0 saturated heterocycles. The van der Waals surface area contributed by atoms with E-state index in [1.54, 1.807) is 0 Å². The number of rotatable bonds is 11. The molecule has 0 aromatic heterocycles. The van der Waals surface area contributed by atoms with E-state index in [4.69, 9.17) is 9.26 Å². The first-order chi connectivity index (χ1) is 7.68. The molecule has 0 aromatic carbocycles. The normalized spacial score (nSPS) is 14.9. The maximum Gasteiger partial charge on any atom is 0.205 e. The Morgan fingerprint density at radius 1 is 0.938 bits per heavy atom. The highest BCUT2D eigenvalue weighted by atomic mass is 31.2. The van der Waals surface area contributed by atoms with E-state index in [9.17, 15) is 4.57 Å². The quantitative estimate of drug-likeness (QED) is 0.412. The first kappa shape index (κ1) is 16.1. The van der Waals surface area contributed by atoms with Crippen molar-refractivity contribution in [2.75, 3.05) is 32.1 Å². The van der Waals surface area contributed by atoms with Crippen molar-refractivity contribution in [1.29, 1.82) is 0 Å². The minimum absolute atomic E-state index is 0.566. The Kier molecular flexibility index (Phi) is 10.4. The van der Waals surface area contributed by atoms with Gasteiger partial charge in [-0.25, -0.2) is 0 Å². The van der Waals surface area contributed by atoms with Gasteiger partial charge >= 0.3 is 0 Å². The van der Waals surface area contributed by atoms with Gasteiger partial charge in [-0.3, -0.25) is 4.57 Å². The molecule has 98 valence electrons. The Balaban J connectivity index is 3.66. The zero-order chi connectivity index (χ0) is 12.3. The fraction of sp³-hybridized carbons (Fsp3) is 1.00. The Hall–Kier alpha value is 0.150. The minimum atomic E-state index is -2.40. The van der Waals surface area contributed by atoms with Gasteiger partial charge in [0, 0.05) is 18.9 Å². The van der Waals surface area contributed by atoms with E-state index >= 15 is 0 Å². The summed E-state index contributed by atoms with van der Waals surface area (Å²) < 4.78 is 23.1. The third-order valence-electron chi connectivity index (χ3n) is 2.52. The number of hydrogen-bond acceptors (Lipinski definition) is 3. The second-order valence-corrected chi connectivity index (χ2v) is 6.97. The molecular formula is C12H27O3P. The molecule has 0 aliphatic carbocycles.